The lowest BCUT2D eigenvalue weighted by Gasteiger charge is -2.32. The van der Waals surface area contributed by atoms with Gasteiger partial charge in [0.05, 0.1) is 16.7 Å². The van der Waals surface area contributed by atoms with Crippen LogP contribution in [0.2, 0.25) is 0 Å². The molecule has 0 saturated carbocycles. The molecule has 1 saturated heterocycles. The van der Waals surface area contributed by atoms with Gasteiger partial charge in [-0.05, 0) is 108 Å². The van der Waals surface area contributed by atoms with Crippen molar-refractivity contribution in [2.45, 2.75) is 118 Å². The topological polar surface area (TPSA) is 118 Å². The Morgan fingerprint density at radius 1 is 0.800 bits per heavy atom. The number of aromatic nitrogens is 2. The first-order chi connectivity index (χ1) is 17.9. The average Bonchev–Trinajstić information content (AvgIpc) is 3.17. The lowest BCUT2D eigenvalue weighted by atomic mass is 9.79. The Morgan fingerprint density at radius 2 is 1.25 bits per heavy atom. The molecule has 2 heterocycles. The maximum Gasteiger partial charge on any atom is 0.494 e. The molecular weight excluding hydrogens is 517 g/mol. The van der Waals surface area contributed by atoms with E-state index in [0.717, 1.165) is 4.68 Å². The first kappa shape index (κ1) is 31.4. The van der Waals surface area contributed by atoms with Crippen LogP contribution < -0.4 is 10.4 Å². The summed E-state index contributed by atoms with van der Waals surface area (Å²) in [6.07, 6.45) is -2.82. The van der Waals surface area contributed by atoms with Crippen molar-refractivity contribution in [3.63, 3.8) is 0 Å². The molecule has 0 N–H and O–H groups in total. The fourth-order valence-electron chi connectivity index (χ4n) is 3.71. The van der Waals surface area contributed by atoms with Gasteiger partial charge in [0.2, 0.25) is 0 Å². The molecule has 1 fully saturated rings. The fourth-order valence-corrected chi connectivity index (χ4v) is 3.71. The third kappa shape index (κ3) is 6.96. The quantitative estimate of drug-likeness (QED) is 0.332. The number of rotatable bonds is 2. The summed E-state index contributed by atoms with van der Waals surface area (Å²) in [5.74, 6) is -0.148. The Balaban J connectivity index is 2.23. The van der Waals surface area contributed by atoms with E-state index in [-0.39, 0.29) is 11.3 Å². The summed E-state index contributed by atoms with van der Waals surface area (Å²) < 4.78 is 30.0. The molecule has 2 amide bonds. The van der Waals surface area contributed by atoms with Crippen LogP contribution in [0, 0.1) is 0 Å². The Labute approximate surface area is 236 Å². The van der Waals surface area contributed by atoms with Crippen LogP contribution in [-0.4, -0.2) is 63.2 Å². The minimum atomic E-state index is -1.01. The molecule has 3 rings (SSSR count). The third-order valence-electron chi connectivity index (χ3n) is 6.14. The normalized spacial score (nSPS) is 17.1. The van der Waals surface area contributed by atoms with Crippen molar-refractivity contribution >= 4 is 47.6 Å². The van der Waals surface area contributed by atoms with Crippen LogP contribution in [0.1, 0.15) is 90.0 Å². The Morgan fingerprint density at radius 3 is 1.68 bits per heavy atom. The van der Waals surface area contributed by atoms with E-state index >= 15 is 0 Å². The van der Waals surface area contributed by atoms with Gasteiger partial charge in [0.25, 0.3) is 0 Å². The molecule has 1 aromatic heterocycles. The molecular formula is C28H42BN3O8. The number of fused-ring (bicyclic) bond motifs is 1. The minimum Gasteiger partial charge on any atom is -0.443 e. The number of imide groups is 1. The summed E-state index contributed by atoms with van der Waals surface area (Å²) in [6, 6.07) is 5.04. The number of amides is 2. The second kappa shape index (κ2) is 10.1. The number of benzene rings is 1. The molecule has 1 aromatic carbocycles. The molecule has 1 aliphatic rings. The summed E-state index contributed by atoms with van der Waals surface area (Å²) in [7, 11) is -0.729. The Kier molecular flexibility index (Phi) is 7.90. The summed E-state index contributed by atoms with van der Waals surface area (Å²) in [4.78, 5) is 40.7. The monoisotopic (exact) mass is 559 g/mol. The van der Waals surface area contributed by atoms with E-state index in [1.165, 1.54) is 0 Å². The number of ether oxygens (including phenoxy) is 3. The van der Waals surface area contributed by atoms with Gasteiger partial charge < -0.3 is 23.5 Å². The summed E-state index contributed by atoms with van der Waals surface area (Å²) in [5.41, 5.74) is -2.98. The van der Waals surface area contributed by atoms with Crippen molar-refractivity contribution in [3.05, 3.63) is 18.2 Å². The molecule has 0 spiro atoms. The molecule has 0 bridgehead atoms. The summed E-state index contributed by atoms with van der Waals surface area (Å²) in [5, 5.41) is 4.69. The van der Waals surface area contributed by atoms with E-state index in [2.05, 4.69) is 5.10 Å². The molecule has 0 atom stereocenters. The van der Waals surface area contributed by atoms with E-state index in [9.17, 15) is 14.4 Å². The van der Waals surface area contributed by atoms with Gasteiger partial charge in [-0.3, -0.25) is 0 Å². The van der Waals surface area contributed by atoms with Gasteiger partial charge in [-0.25, -0.2) is 14.4 Å². The Hall–Kier alpha value is -3.12. The number of carbonyl (C=O) groups is 3. The van der Waals surface area contributed by atoms with Crippen LogP contribution in [0.5, 0.6) is 0 Å². The van der Waals surface area contributed by atoms with Gasteiger partial charge >= 0.3 is 25.4 Å². The average molecular weight is 559 g/mol. The lowest BCUT2D eigenvalue weighted by molar-refractivity contribution is 0.00578. The second-order valence-corrected chi connectivity index (χ2v) is 13.9. The van der Waals surface area contributed by atoms with Gasteiger partial charge in [0.1, 0.15) is 16.8 Å². The van der Waals surface area contributed by atoms with Gasteiger partial charge in [-0.2, -0.15) is 9.58 Å². The number of hydrogen-bond donors (Lipinski definition) is 0. The van der Waals surface area contributed by atoms with Crippen LogP contribution in [0.25, 0.3) is 10.9 Å². The van der Waals surface area contributed by atoms with Crippen molar-refractivity contribution < 1.29 is 37.9 Å². The van der Waals surface area contributed by atoms with E-state index in [4.69, 9.17) is 23.5 Å². The maximum absolute atomic E-state index is 13.4. The highest BCUT2D eigenvalue weighted by Crippen LogP contribution is 2.37. The van der Waals surface area contributed by atoms with Crippen LogP contribution in [-0.2, 0) is 23.5 Å². The number of anilines is 1. The van der Waals surface area contributed by atoms with Crippen LogP contribution in [0.4, 0.5) is 20.2 Å². The molecule has 0 radical (unpaired) electrons. The zero-order valence-corrected chi connectivity index (χ0v) is 25.9. The number of carbonyl (C=O) groups excluding carboxylic acids is 3. The molecule has 12 heteroatoms. The molecule has 0 aliphatic carbocycles. The largest absolute Gasteiger partial charge is 0.494 e. The van der Waals surface area contributed by atoms with Gasteiger partial charge in [0, 0.05) is 5.39 Å². The van der Waals surface area contributed by atoms with Gasteiger partial charge in [-0.15, -0.1) is 5.10 Å². The third-order valence-corrected chi connectivity index (χ3v) is 6.14. The zero-order chi connectivity index (χ0) is 30.6. The number of nitrogens with zero attached hydrogens (tertiary/aromatic N) is 3. The predicted octanol–water partition coefficient (Wildman–Crippen LogP) is 5.80. The highest BCUT2D eigenvalue weighted by atomic mass is 16.7. The smallest absolute Gasteiger partial charge is 0.443 e. The molecule has 40 heavy (non-hydrogen) atoms. The zero-order valence-electron chi connectivity index (χ0n) is 25.9. The van der Waals surface area contributed by atoms with E-state index in [1.807, 2.05) is 27.7 Å². The molecule has 220 valence electrons. The SMILES string of the molecule is CC(C)(C)OC(=O)N(C(=O)OC(C)(C)C)c1nn(C(=O)OC(C)(C)C)c2cc(B3OC(C)(C)C(C)(C)O3)ccc12. The maximum atomic E-state index is 13.4. The van der Waals surface area contributed by atoms with E-state index < -0.39 is 53.4 Å². The standard InChI is InChI=1S/C28H42BN3O8/c1-24(2,3)36-21(33)31(22(34)37-25(4,5)6)20-18-15-14-17(29-39-27(10,11)28(12,13)40-29)16-19(18)32(30-20)23(35)38-26(7,8)9/h14-16H,1-13H3. The van der Waals surface area contributed by atoms with Crippen molar-refractivity contribution in [2.75, 3.05) is 4.90 Å². The molecule has 2 aromatic rings. The van der Waals surface area contributed by atoms with E-state index in [1.54, 1.807) is 80.5 Å². The second-order valence-electron chi connectivity index (χ2n) is 13.9. The van der Waals surface area contributed by atoms with Crippen LogP contribution >= 0.6 is 0 Å². The first-order valence-corrected chi connectivity index (χ1v) is 13.3. The molecule has 11 nitrogen and oxygen atoms in total. The highest BCUT2D eigenvalue weighted by Gasteiger charge is 2.52. The van der Waals surface area contributed by atoms with Crippen molar-refractivity contribution in [1.82, 2.24) is 9.78 Å². The lowest BCUT2D eigenvalue weighted by Crippen LogP contribution is -2.44. The number of hydrogen-bond acceptors (Lipinski definition) is 9. The van der Waals surface area contributed by atoms with Crippen LogP contribution in [0.3, 0.4) is 0 Å². The van der Waals surface area contributed by atoms with Crippen molar-refractivity contribution in [2.24, 2.45) is 0 Å². The minimum absolute atomic E-state index is 0.148. The summed E-state index contributed by atoms with van der Waals surface area (Å²) in [6.45, 7) is 23.0. The van der Waals surface area contributed by atoms with Gasteiger partial charge in [-0.1, -0.05) is 6.07 Å². The molecule has 1 aliphatic heterocycles. The van der Waals surface area contributed by atoms with Crippen molar-refractivity contribution in [3.8, 4) is 0 Å². The van der Waals surface area contributed by atoms with Crippen molar-refractivity contribution in [1.29, 1.82) is 0 Å². The molecule has 0 unspecified atom stereocenters. The Bertz CT molecular complexity index is 1270. The fraction of sp³-hybridized carbons (Fsp3) is 0.643. The van der Waals surface area contributed by atoms with E-state index in [0.29, 0.717) is 15.7 Å². The highest BCUT2D eigenvalue weighted by molar-refractivity contribution is 6.62. The van der Waals surface area contributed by atoms with Crippen LogP contribution in [0.15, 0.2) is 18.2 Å². The summed E-state index contributed by atoms with van der Waals surface area (Å²) >= 11 is 0. The first-order valence-electron chi connectivity index (χ1n) is 13.3. The predicted molar refractivity (Wildman–Crippen MR) is 152 cm³/mol. The van der Waals surface area contributed by atoms with Gasteiger partial charge in [0.15, 0.2) is 5.82 Å².